The topological polar surface area (TPSA) is 46.9 Å². The van der Waals surface area contributed by atoms with E-state index in [2.05, 4.69) is 22.8 Å². The van der Waals surface area contributed by atoms with Gasteiger partial charge in [-0.1, -0.05) is 0 Å². The van der Waals surface area contributed by atoms with E-state index in [1.807, 2.05) is 26.8 Å². The summed E-state index contributed by atoms with van der Waals surface area (Å²) in [4.78, 5) is 4.55. The lowest BCUT2D eigenvalue weighted by atomic mass is 9.93. The van der Waals surface area contributed by atoms with Crippen molar-refractivity contribution in [1.29, 1.82) is 0 Å². The van der Waals surface area contributed by atoms with Gasteiger partial charge in [-0.05, 0) is 61.6 Å². The van der Waals surface area contributed by atoms with E-state index < -0.39 is 0 Å². The molecule has 2 bridgehead atoms. The van der Waals surface area contributed by atoms with Crippen LogP contribution in [0.25, 0.3) is 0 Å². The molecule has 4 heteroatoms. The van der Waals surface area contributed by atoms with Crippen molar-refractivity contribution in [2.75, 3.05) is 16.5 Å². The van der Waals surface area contributed by atoms with Crippen molar-refractivity contribution < 1.29 is 10.2 Å². The zero-order valence-corrected chi connectivity index (χ0v) is 14.1. The highest BCUT2D eigenvalue weighted by Crippen LogP contribution is 2.45. The zero-order valence-electron chi connectivity index (χ0n) is 14.1. The molecule has 2 aliphatic rings. The Labute approximate surface area is 136 Å². The van der Waals surface area contributed by atoms with Gasteiger partial charge in [0.2, 0.25) is 0 Å². The Hall–Kier alpha value is -2.36. The summed E-state index contributed by atoms with van der Waals surface area (Å²) >= 11 is 0. The third-order valence-electron chi connectivity index (χ3n) is 5.60. The lowest BCUT2D eigenvalue weighted by Gasteiger charge is -2.46. The molecule has 0 saturated heterocycles. The van der Waals surface area contributed by atoms with E-state index in [1.54, 1.807) is 0 Å². The number of hydrogen-bond donors (Lipinski definition) is 2. The highest BCUT2D eigenvalue weighted by atomic mass is 16.3. The summed E-state index contributed by atoms with van der Waals surface area (Å²) in [5.41, 5.74) is 8.68. The Morgan fingerprint density at radius 1 is 0.783 bits per heavy atom. The van der Waals surface area contributed by atoms with Crippen LogP contribution in [0, 0.1) is 27.7 Å². The van der Waals surface area contributed by atoms with Crippen molar-refractivity contribution in [3.8, 4) is 11.5 Å². The predicted molar refractivity (Wildman–Crippen MR) is 92.4 cm³/mol. The lowest BCUT2D eigenvalue weighted by Crippen LogP contribution is -2.46. The van der Waals surface area contributed by atoms with Gasteiger partial charge >= 0.3 is 0 Å². The summed E-state index contributed by atoms with van der Waals surface area (Å²) in [5, 5.41) is 20.8. The smallest absolute Gasteiger partial charge is 0.125 e. The molecule has 120 valence electrons. The quantitative estimate of drug-likeness (QED) is 0.780. The fraction of sp³-hybridized carbons (Fsp3) is 0.368. The normalized spacial score (nSPS) is 15.5. The maximum absolute atomic E-state index is 10.6. The van der Waals surface area contributed by atoms with Crippen LogP contribution in [-0.4, -0.2) is 16.9 Å². The molecule has 0 amide bonds. The largest absolute Gasteiger partial charge is 0.508 e. The number of anilines is 2. The van der Waals surface area contributed by atoms with Gasteiger partial charge in [0.15, 0.2) is 0 Å². The molecule has 2 heterocycles. The maximum Gasteiger partial charge on any atom is 0.125 e. The number of phenols is 2. The number of hydrogen-bond acceptors (Lipinski definition) is 4. The lowest BCUT2D eigenvalue weighted by molar-refractivity contribution is 0.457. The molecule has 0 atom stereocenters. The van der Waals surface area contributed by atoms with Crippen LogP contribution in [0.15, 0.2) is 12.1 Å². The van der Waals surface area contributed by atoms with E-state index in [0.717, 1.165) is 52.4 Å². The highest BCUT2D eigenvalue weighted by molar-refractivity contribution is 5.74. The molecule has 0 spiro atoms. The van der Waals surface area contributed by atoms with Crippen molar-refractivity contribution in [2.24, 2.45) is 0 Å². The molecule has 0 aliphatic carbocycles. The Morgan fingerprint density at radius 2 is 1.39 bits per heavy atom. The summed E-state index contributed by atoms with van der Waals surface area (Å²) in [7, 11) is 0. The van der Waals surface area contributed by atoms with Crippen LogP contribution in [0.5, 0.6) is 11.5 Å². The highest BCUT2D eigenvalue weighted by Gasteiger charge is 2.33. The van der Waals surface area contributed by atoms with Crippen molar-refractivity contribution in [2.45, 2.75) is 40.8 Å². The first-order valence-electron chi connectivity index (χ1n) is 8.02. The molecule has 0 saturated carbocycles. The Morgan fingerprint density at radius 3 is 2.09 bits per heavy atom. The van der Waals surface area contributed by atoms with Crippen molar-refractivity contribution in [1.82, 2.24) is 0 Å². The van der Waals surface area contributed by atoms with Gasteiger partial charge < -0.3 is 20.0 Å². The molecule has 23 heavy (non-hydrogen) atoms. The summed E-state index contributed by atoms with van der Waals surface area (Å²) in [5.74, 6) is 0.760. The third kappa shape index (κ3) is 1.84. The van der Waals surface area contributed by atoms with Crippen LogP contribution < -0.4 is 9.80 Å². The molecule has 2 N–H and O–H groups in total. The third-order valence-corrected chi connectivity index (χ3v) is 5.60. The molecule has 4 rings (SSSR count). The Balaban J connectivity index is 1.91. The van der Waals surface area contributed by atoms with Gasteiger partial charge in [-0.3, -0.25) is 0 Å². The number of aryl methyl sites for hydroxylation is 1. The van der Waals surface area contributed by atoms with Gasteiger partial charge in [-0.2, -0.15) is 0 Å². The summed E-state index contributed by atoms with van der Waals surface area (Å²) in [6.07, 6.45) is 0. The standard InChI is InChI=1S/C19H22N2O2/c1-10-5-16-15(19(23)11(10)2)8-21-9-20(16)7-14-12(3)13(4)18(22)6-17(14)21/h5-6,22-23H,7-9H2,1-4H3. The molecule has 4 nitrogen and oxygen atoms in total. The first kappa shape index (κ1) is 14.2. The average Bonchev–Trinajstić information content (AvgIpc) is 2.53. The molecule has 2 aromatic carbocycles. The number of phenolic OH excluding ortho intramolecular Hbond substituents is 2. The minimum Gasteiger partial charge on any atom is -0.508 e. The van der Waals surface area contributed by atoms with E-state index in [1.165, 1.54) is 5.56 Å². The van der Waals surface area contributed by atoms with Crippen molar-refractivity contribution >= 4 is 11.4 Å². The molecule has 2 aliphatic heterocycles. The van der Waals surface area contributed by atoms with Crippen LogP contribution in [0.1, 0.15) is 33.4 Å². The predicted octanol–water partition coefficient (Wildman–Crippen LogP) is 3.63. The van der Waals surface area contributed by atoms with Crippen LogP contribution in [0.3, 0.4) is 0 Å². The van der Waals surface area contributed by atoms with Gasteiger partial charge in [-0.25, -0.2) is 0 Å². The zero-order chi connectivity index (χ0) is 16.5. The van der Waals surface area contributed by atoms with E-state index in [0.29, 0.717) is 18.0 Å². The minimum absolute atomic E-state index is 0.352. The van der Waals surface area contributed by atoms with E-state index >= 15 is 0 Å². The second-order valence-electron chi connectivity index (χ2n) is 6.85. The SMILES string of the molecule is Cc1cc2c(c(O)c1C)CN1CN2Cc2c1cc(O)c(C)c2C. The van der Waals surface area contributed by atoms with Gasteiger partial charge in [0.25, 0.3) is 0 Å². The van der Waals surface area contributed by atoms with E-state index in [4.69, 9.17) is 0 Å². The summed E-state index contributed by atoms with van der Waals surface area (Å²) in [6, 6.07) is 4.06. The molecule has 0 aromatic heterocycles. The monoisotopic (exact) mass is 310 g/mol. The Bertz CT molecular complexity index is 773. The maximum atomic E-state index is 10.6. The minimum atomic E-state index is 0.352. The fourth-order valence-electron chi connectivity index (χ4n) is 3.80. The van der Waals surface area contributed by atoms with Crippen molar-refractivity contribution in [3.63, 3.8) is 0 Å². The fourth-order valence-corrected chi connectivity index (χ4v) is 3.80. The molecular formula is C19H22N2O2. The molecule has 0 unspecified atom stereocenters. The van der Waals surface area contributed by atoms with Gasteiger partial charge in [0.05, 0.1) is 13.2 Å². The van der Waals surface area contributed by atoms with Crippen molar-refractivity contribution in [3.05, 3.63) is 45.5 Å². The van der Waals surface area contributed by atoms with Gasteiger partial charge in [-0.15, -0.1) is 0 Å². The van der Waals surface area contributed by atoms with Gasteiger partial charge in [0, 0.05) is 29.5 Å². The number of rotatable bonds is 0. The second kappa shape index (κ2) is 4.57. The second-order valence-corrected chi connectivity index (χ2v) is 6.85. The number of benzene rings is 2. The number of fused-ring (bicyclic) bond motifs is 6. The first-order chi connectivity index (χ1) is 10.9. The van der Waals surface area contributed by atoms with E-state index in [-0.39, 0.29) is 0 Å². The van der Waals surface area contributed by atoms with Crippen LogP contribution in [0.2, 0.25) is 0 Å². The van der Waals surface area contributed by atoms with E-state index in [9.17, 15) is 10.2 Å². The van der Waals surface area contributed by atoms with Crippen LogP contribution in [0.4, 0.5) is 11.4 Å². The molecule has 2 aromatic rings. The van der Waals surface area contributed by atoms with Crippen LogP contribution >= 0.6 is 0 Å². The molecule has 0 radical (unpaired) electrons. The number of nitrogens with zero attached hydrogens (tertiary/aromatic N) is 2. The summed E-state index contributed by atoms with van der Waals surface area (Å²) < 4.78 is 0. The summed E-state index contributed by atoms with van der Waals surface area (Å²) in [6.45, 7) is 10.3. The number of aromatic hydroxyl groups is 2. The van der Waals surface area contributed by atoms with Crippen LogP contribution in [-0.2, 0) is 13.1 Å². The molecular weight excluding hydrogens is 288 g/mol. The Kier molecular flexibility index (Phi) is 2.83. The average molecular weight is 310 g/mol. The first-order valence-corrected chi connectivity index (χ1v) is 8.02. The van der Waals surface area contributed by atoms with Gasteiger partial charge in [0.1, 0.15) is 11.5 Å². The molecule has 0 fully saturated rings.